The van der Waals surface area contributed by atoms with E-state index in [4.69, 9.17) is 0 Å². The first-order valence-corrected chi connectivity index (χ1v) is 4.69. The molecule has 0 N–H and O–H groups in total. The van der Waals surface area contributed by atoms with E-state index in [1.54, 1.807) is 12.1 Å². The van der Waals surface area contributed by atoms with Crippen LogP contribution in [0.1, 0.15) is 11.5 Å². The molecule has 1 radical (unpaired) electrons. The largest absolute Gasteiger partial charge is 0.287 e. The summed E-state index contributed by atoms with van der Waals surface area (Å²) in [6.45, 7) is 2.80. The van der Waals surface area contributed by atoms with Crippen LogP contribution in [-0.2, 0) is 0 Å². The van der Waals surface area contributed by atoms with Crippen LogP contribution in [0.25, 0.3) is 0 Å². The summed E-state index contributed by atoms with van der Waals surface area (Å²) in [4.78, 5) is 10.2. The number of alkyl halides is 1. The first-order valence-electron chi connectivity index (χ1n) is 3.89. The van der Waals surface area contributed by atoms with Crippen molar-refractivity contribution in [1.82, 2.24) is 0 Å². The number of rotatable bonds is 3. The van der Waals surface area contributed by atoms with Gasteiger partial charge in [-0.1, -0.05) is 12.1 Å². The SMILES string of the molecule is [CH2]C(CF)c1cccc(Br)c1[N+](=O)[O-]. The van der Waals surface area contributed by atoms with Crippen molar-refractivity contribution < 1.29 is 9.31 Å². The fourth-order valence-electron chi connectivity index (χ4n) is 1.14. The van der Waals surface area contributed by atoms with Gasteiger partial charge in [0.2, 0.25) is 0 Å². The molecular weight excluding hydrogens is 253 g/mol. The molecule has 0 saturated heterocycles. The van der Waals surface area contributed by atoms with E-state index >= 15 is 0 Å². The number of para-hydroxylation sites is 1. The Labute approximate surface area is 89.2 Å². The number of benzene rings is 1. The predicted molar refractivity (Wildman–Crippen MR) is 54.9 cm³/mol. The van der Waals surface area contributed by atoms with Gasteiger partial charge in [0.25, 0.3) is 5.69 Å². The summed E-state index contributed by atoms with van der Waals surface area (Å²) in [7, 11) is 0. The molecule has 0 aliphatic rings. The number of hydrogen-bond acceptors (Lipinski definition) is 2. The van der Waals surface area contributed by atoms with Gasteiger partial charge < -0.3 is 0 Å². The van der Waals surface area contributed by atoms with Gasteiger partial charge in [-0.3, -0.25) is 14.5 Å². The van der Waals surface area contributed by atoms with Crippen LogP contribution in [0.5, 0.6) is 0 Å². The molecule has 0 fully saturated rings. The lowest BCUT2D eigenvalue weighted by Crippen LogP contribution is -2.02. The monoisotopic (exact) mass is 260 g/mol. The number of nitro benzene ring substituents is 1. The van der Waals surface area contributed by atoms with E-state index in [0.717, 1.165) is 0 Å². The van der Waals surface area contributed by atoms with Crippen molar-refractivity contribution in [1.29, 1.82) is 0 Å². The Kier molecular flexibility index (Phi) is 3.57. The maximum absolute atomic E-state index is 12.3. The summed E-state index contributed by atoms with van der Waals surface area (Å²) >= 11 is 3.05. The van der Waals surface area contributed by atoms with Crippen molar-refractivity contribution >= 4 is 21.6 Å². The molecule has 1 unspecified atom stereocenters. The fraction of sp³-hybridized carbons (Fsp3) is 0.222. The highest BCUT2D eigenvalue weighted by atomic mass is 79.9. The maximum atomic E-state index is 12.3. The van der Waals surface area contributed by atoms with Crippen molar-refractivity contribution in [3.8, 4) is 0 Å². The molecule has 75 valence electrons. The first kappa shape index (κ1) is 11.1. The molecule has 0 aliphatic heterocycles. The summed E-state index contributed by atoms with van der Waals surface area (Å²) in [5.74, 6) is -0.701. The lowest BCUT2D eigenvalue weighted by Gasteiger charge is -2.08. The smallest absolute Gasteiger partial charge is 0.258 e. The Morgan fingerprint density at radius 1 is 1.64 bits per heavy atom. The van der Waals surface area contributed by atoms with Gasteiger partial charge in [-0.25, -0.2) is 0 Å². The molecule has 0 amide bonds. The molecule has 3 nitrogen and oxygen atoms in total. The predicted octanol–water partition coefficient (Wildman–Crippen LogP) is 3.24. The first-order chi connectivity index (χ1) is 6.57. The fourth-order valence-corrected chi connectivity index (χ4v) is 1.66. The average molecular weight is 261 g/mol. The molecule has 1 aromatic carbocycles. The number of nitrogens with zero attached hydrogens (tertiary/aromatic N) is 1. The van der Waals surface area contributed by atoms with E-state index < -0.39 is 17.5 Å². The van der Waals surface area contributed by atoms with E-state index in [2.05, 4.69) is 22.9 Å². The Morgan fingerprint density at radius 3 is 2.79 bits per heavy atom. The van der Waals surface area contributed by atoms with Crippen molar-refractivity contribution in [3.05, 3.63) is 45.3 Å². The molecule has 0 aliphatic carbocycles. The zero-order chi connectivity index (χ0) is 10.7. The van der Waals surface area contributed by atoms with Gasteiger partial charge in [-0.2, -0.15) is 0 Å². The average Bonchev–Trinajstić information content (AvgIpc) is 2.15. The third-order valence-corrected chi connectivity index (χ3v) is 2.47. The van der Waals surface area contributed by atoms with Crippen LogP contribution in [0.15, 0.2) is 22.7 Å². The quantitative estimate of drug-likeness (QED) is 0.619. The summed E-state index contributed by atoms with van der Waals surface area (Å²) in [5, 5.41) is 10.7. The Balaban J connectivity index is 3.28. The zero-order valence-corrected chi connectivity index (χ0v) is 8.83. The van der Waals surface area contributed by atoms with Gasteiger partial charge in [0.15, 0.2) is 0 Å². The van der Waals surface area contributed by atoms with Crippen LogP contribution in [0, 0.1) is 17.0 Å². The highest BCUT2D eigenvalue weighted by Gasteiger charge is 2.21. The second kappa shape index (κ2) is 4.50. The summed E-state index contributed by atoms with van der Waals surface area (Å²) in [6.07, 6.45) is 0. The van der Waals surface area contributed by atoms with Crippen LogP contribution < -0.4 is 0 Å². The van der Waals surface area contributed by atoms with Gasteiger partial charge in [0, 0.05) is 11.5 Å². The van der Waals surface area contributed by atoms with Crippen LogP contribution in [-0.4, -0.2) is 11.6 Å². The highest BCUT2D eigenvalue weighted by molar-refractivity contribution is 9.10. The van der Waals surface area contributed by atoms with E-state index in [1.165, 1.54) is 6.07 Å². The van der Waals surface area contributed by atoms with Crippen LogP contribution in [0.3, 0.4) is 0 Å². The third kappa shape index (κ3) is 2.09. The van der Waals surface area contributed by atoms with E-state index in [0.29, 0.717) is 10.0 Å². The normalized spacial score (nSPS) is 12.5. The second-order valence-corrected chi connectivity index (χ2v) is 3.64. The van der Waals surface area contributed by atoms with Gasteiger partial charge in [-0.15, -0.1) is 0 Å². The molecule has 0 aromatic heterocycles. The van der Waals surface area contributed by atoms with Crippen molar-refractivity contribution in [2.24, 2.45) is 0 Å². The molecule has 1 aromatic rings. The van der Waals surface area contributed by atoms with E-state index in [-0.39, 0.29) is 5.69 Å². The van der Waals surface area contributed by atoms with Gasteiger partial charge in [0.1, 0.15) is 0 Å². The van der Waals surface area contributed by atoms with Crippen molar-refractivity contribution in [2.75, 3.05) is 6.67 Å². The second-order valence-electron chi connectivity index (χ2n) is 2.79. The molecule has 14 heavy (non-hydrogen) atoms. The highest BCUT2D eigenvalue weighted by Crippen LogP contribution is 2.33. The molecule has 0 heterocycles. The molecule has 1 rings (SSSR count). The lowest BCUT2D eigenvalue weighted by atomic mass is 10.0. The molecule has 5 heteroatoms. The third-order valence-electron chi connectivity index (χ3n) is 1.83. The molecule has 0 bridgehead atoms. The number of nitro groups is 1. The van der Waals surface area contributed by atoms with Crippen LogP contribution in [0.2, 0.25) is 0 Å². The standard InChI is InChI=1S/C9H8BrFNO2/c1-6(5-11)7-3-2-4-8(10)9(7)12(13)14/h2-4,6H,1,5H2. The number of halogens is 2. The van der Waals surface area contributed by atoms with E-state index in [1.807, 2.05) is 0 Å². The Bertz CT molecular complexity index is 357. The zero-order valence-electron chi connectivity index (χ0n) is 7.24. The molecule has 0 saturated carbocycles. The van der Waals surface area contributed by atoms with Crippen LogP contribution >= 0.6 is 15.9 Å². The summed E-state index contributed by atoms with van der Waals surface area (Å²) in [5.41, 5.74) is 0.206. The Hall–Kier alpha value is -0.970. The minimum absolute atomic E-state index is 0.106. The van der Waals surface area contributed by atoms with Gasteiger partial charge in [-0.05, 0) is 28.9 Å². The van der Waals surface area contributed by atoms with Crippen molar-refractivity contribution in [3.63, 3.8) is 0 Å². The van der Waals surface area contributed by atoms with Gasteiger partial charge in [0.05, 0.1) is 16.1 Å². The topological polar surface area (TPSA) is 43.1 Å². The maximum Gasteiger partial charge on any atom is 0.287 e. The number of hydrogen-bond donors (Lipinski definition) is 0. The lowest BCUT2D eigenvalue weighted by molar-refractivity contribution is -0.386. The minimum Gasteiger partial charge on any atom is -0.258 e. The van der Waals surface area contributed by atoms with Gasteiger partial charge >= 0.3 is 0 Å². The minimum atomic E-state index is -0.711. The molecule has 0 spiro atoms. The van der Waals surface area contributed by atoms with Crippen molar-refractivity contribution in [2.45, 2.75) is 5.92 Å². The Morgan fingerprint density at radius 2 is 2.29 bits per heavy atom. The van der Waals surface area contributed by atoms with Crippen LogP contribution in [0.4, 0.5) is 10.1 Å². The van der Waals surface area contributed by atoms with E-state index in [9.17, 15) is 14.5 Å². The molecule has 1 atom stereocenters. The summed E-state index contributed by atoms with van der Waals surface area (Å²) in [6, 6.07) is 4.69. The molecular formula is C9H8BrFNO2. The summed E-state index contributed by atoms with van der Waals surface area (Å²) < 4.78 is 12.7.